The normalized spacial score (nSPS) is 10.4. The summed E-state index contributed by atoms with van der Waals surface area (Å²) in [6.07, 6.45) is 2.47. The molecule has 1 N–H and O–H groups in total. The van der Waals surface area contributed by atoms with Crippen LogP contribution in [0.1, 0.15) is 6.92 Å². The minimum atomic E-state index is -0.499. The lowest BCUT2D eigenvalue weighted by molar-refractivity contribution is -0.112. The summed E-state index contributed by atoms with van der Waals surface area (Å²) in [7, 11) is 0. The molecule has 0 radical (unpaired) electrons. The van der Waals surface area contributed by atoms with Crippen LogP contribution < -0.4 is 5.32 Å². The summed E-state index contributed by atoms with van der Waals surface area (Å²) in [5, 5.41) is 2.40. The van der Waals surface area contributed by atoms with E-state index in [9.17, 15) is 9.18 Å². The number of carbonyl (C=O) groups excluding carboxylic acids is 1. The number of carbonyl (C=O) groups is 1. The molecule has 0 aliphatic carbocycles. The maximum absolute atomic E-state index is 13.4. The molecule has 0 aliphatic rings. The van der Waals surface area contributed by atoms with Crippen molar-refractivity contribution in [2.75, 3.05) is 11.9 Å². The molecule has 86 valence electrons. The second-order valence-corrected chi connectivity index (χ2v) is 3.70. The average molecular weight is 288 g/mol. The lowest BCUT2D eigenvalue weighted by Gasteiger charge is -2.04. The smallest absolute Gasteiger partial charge is 0.251 e. The van der Waals surface area contributed by atoms with Gasteiger partial charge in [-0.05, 0) is 35.0 Å². The van der Waals surface area contributed by atoms with E-state index in [1.807, 2.05) is 0 Å². The van der Waals surface area contributed by atoms with Gasteiger partial charge < -0.3 is 10.1 Å². The molecular weight excluding hydrogens is 277 g/mol. The molecule has 0 saturated heterocycles. The van der Waals surface area contributed by atoms with Crippen LogP contribution in [-0.4, -0.2) is 12.5 Å². The highest BCUT2D eigenvalue weighted by molar-refractivity contribution is 9.10. The van der Waals surface area contributed by atoms with Gasteiger partial charge in [-0.3, -0.25) is 4.79 Å². The van der Waals surface area contributed by atoms with Crippen LogP contribution in [0, 0.1) is 5.82 Å². The first kappa shape index (κ1) is 12.7. The largest absolute Gasteiger partial charge is 0.501 e. The maximum Gasteiger partial charge on any atom is 0.251 e. The van der Waals surface area contributed by atoms with E-state index >= 15 is 0 Å². The van der Waals surface area contributed by atoms with Crippen molar-refractivity contribution < 1.29 is 13.9 Å². The van der Waals surface area contributed by atoms with E-state index in [0.29, 0.717) is 11.1 Å². The molecule has 16 heavy (non-hydrogen) atoms. The van der Waals surface area contributed by atoms with Crippen molar-refractivity contribution >= 4 is 27.5 Å². The second kappa shape index (κ2) is 6.27. The fourth-order valence-electron chi connectivity index (χ4n) is 0.981. The van der Waals surface area contributed by atoms with E-state index in [0.717, 1.165) is 0 Å². The molecule has 0 saturated carbocycles. The number of anilines is 1. The Morgan fingerprint density at radius 2 is 2.38 bits per heavy atom. The van der Waals surface area contributed by atoms with Crippen LogP contribution in [0.15, 0.2) is 35.0 Å². The third kappa shape index (κ3) is 3.66. The first-order valence-electron chi connectivity index (χ1n) is 4.68. The zero-order chi connectivity index (χ0) is 12.0. The molecule has 3 nitrogen and oxygen atoms in total. The quantitative estimate of drug-likeness (QED) is 0.683. The zero-order valence-corrected chi connectivity index (χ0v) is 10.3. The van der Waals surface area contributed by atoms with E-state index < -0.39 is 11.7 Å². The first-order chi connectivity index (χ1) is 7.65. The third-order valence-electron chi connectivity index (χ3n) is 1.69. The van der Waals surface area contributed by atoms with Crippen molar-refractivity contribution in [2.45, 2.75) is 6.92 Å². The number of hydrogen-bond donors (Lipinski definition) is 1. The Bertz CT molecular complexity index is 407. The van der Waals surface area contributed by atoms with Crippen molar-refractivity contribution in [3.63, 3.8) is 0 Å². The van der Waals surface area contributed by atoms with Crippen LogP contribution in [0.25, 0.3) is 0 Å². The number of halogens is 2. The molecule has 0 bridgehead atoms. The van der Waals surface area contributed by atoms with Crippen LogP contribution in [0.5, 0.6) is 0 Å². The number of benzene rings is 1. The summed E-state index contributed by atoms with van der Waals surface area (Å²) >= 11 is 3.03. The van der Waals surface area contributed by atoms with Gasteiger partial charge in [-0.2, -0.15) is 0 Å². The van der Waals surface area contributed by atoms with Crippen LogP contribution >= 0.6 is 15.9 Å². The van der Waals surface area contributed by atoms with Gasteiger partial charge in [0.05, 0.1) is 23.0 Å². The van der Waals surface area contributed by atoms with Crippen molar-refractivity contribution in [1.82, 2.24) is 0 Å². The van der Waals surface area contributed by atoms with Gasteiger partial charge in [0, 0.05) is 6.08 Å². The molecule has 0 spiro atoms. The van der Waals surface area contributed by atoms with Crippen LogP contribution in [0.3, 0.4) is 0 Å². The number of ether oxygens (including phenoxy) is 1. The van der Waals surface area contributed by atoms with Crippen LogP contribution in [0.2, 0.25) is 0 Å². The van der Waals surface area contributed by atoms with Gasteiger partial charge in [-0.1, -0.05) is 6.07 Å². The standard InChI is InChI=1S/C11H11BrFNO2/c1-2-16-7-6-10(15)14-9-5-3-4-8(12)11(9)13/h3-7H,2H2,1H3,(H,14,15)/b7-6+. The third-order valence-corrected chi connectivity index (χ3v) is 2.30. The summed E-state index contributed by atoms with van der Waals surface area (Å²) in [6, 6.07) is 4.67. The minimum absolute atomic E-state index is 0.125. The average Bonchev–Trinajstić information content (AvgIpc) is 2.25. The highest BCUT2D eigenvalue weighted by Crippen LogP contribution is 2.22. The lowest BCUT2D eigenvalue weighted by Crippen LogP contribution is -2.09. The summed E-state index contributed by atoms with van der Waals surface area (Å²) in [5.41, 5.74) is 0.125. The molecule has 1 aromatic carbocycles. The van der Waals surface area contributed by atoms with Crippen LogP contribution in [-0.2, 0) is 9.53 Å². The molecule has 1 aromatic rings. The van der Waals surface area contributed by atoms with Crippen molar-refractivity contribution in [2.24, 2.45) is 0 Å². The van der Waals surface area contributed by atoms with Gasteiger partial charge in [0.2, 0.25) is 0 Å². The van der Waals surface area contributed by atoms with Crippen molar-refractivity contribution in [3.8, 4) is 0 Å². The number of hydrogen-bond acceptors (Lipinski definition) is 2. The fourth-order valence-corrected chi connectivity index (χ4v) is 1.35. The monoisotopic (exact) mass is 287 g/mol. The molecule has 0 aliphatic heterocycles. The molecule has 0 heterocycles. The Kier molecular flexibility index (Phi) is 4.98. The van der Waals surface area contributed by atoms with Gasteiger partial charge in [-0.25, -0.2) is 4.39 Å². The van der Waals surface area contributed by atoms with Gasteiger partial charge in [0.25, 0.3) is 5.91 Å². The zero-order valence-electron chi connectivity index (χ0n) is 8.67. The Hall–Kier alpha value is -1.36. The van der Waals surface area contributed by atoms with Crippen molar-refractivity contribution in [1.29, 1.82) is 0 Å². The highest BCUT2D eigenvalue weighted by Gasteiger charge is 2.07. The molecule has 0 atom stereocenters. The van der Waals surface area contributed by atoms with E-state index in [2.05, 4.69) is 21.2 Å². The van der Waals surface area contributed by atoms with Gasteiger partial charge in [-0.15, -0.1) is 0 Å². The molecule has 0 unspecified atom stereocenters. The summed E-state index contributed by atoms with van der Waals surface area (Å²) in [5.74, 6) is -0.939. The van der Waals surface area contributed by atoms with Gasteiger partial charge >= 0.3 is 0 Å². The van der Waals surface area contributed by atoms with Gasteiger partial charge in [0.1, 0.15) is 0 Å². The Labute approximate surface area is 101 Å². The number of rotatable bonds is 4. The first-order valence-corrected chi connectivity index (χ1v) is 5.47. The Morgan fingerprint density at radius 3 is 3.06 bits per heavy atom. The molecule has 5 heteroatoms. The SMILES string of the molecule is CCO/C=C/C(=O)Nc1cccc(Br)c1F. The molecule has 0 aromatic heterocycles. The van der Waals surface area contributed by atoms with E-state index in [1.165, 1.54) is 18.4 Å². The number of nitrogens with one attached hydrogen (secondary N) is 1. The summed E-state index contributed by atoms with van der Waals surface area (Å²) < 4.78 is 18.6. The topological polar surface area (TPSA) is 38.3 Å². The predicted molar refractivity (Wildman–Crippen MR) is 63.5 cm³/mol. The lowest BCUT2D eigenvalue weighted by atomic mass is 10.3. The van der Waals surface area contributed by atoms with E-state index in [-0.39, 0.29) is 5.69 Å². The minimum Gasteiger partial charge on any atom is -0.501 e. The fraction of sp³-hybridized carbons (Fsp3) is 0.182. The Balaban J connectivity index is 2.66. The summed E-state index contributed by atoms with van der Waals surface area (Å²) in [4.78, 5) is 11.3. The van der Waals surface area contributed by atoms with Crippen LogP contribution in [0.4, 0.5) is 10.1 Å². The second-order valence-electron chi connectivity index (χ2n) is 2.85. The number of amides is 1. The molecule has 0 fully saturated rings. The highest BCUT2D eigenvalue weighted by atomic mass is 79.9. The Morgan fingerprint density at radius 1 is 1.62 bits per heavy atom. The molecule has 1 amide bonds. The predicted octanol–water partition coefficient (Wildman–Crippen LogP) is 3.08. The summed E-state index contributed by atoms with van der Waals surface area (Å²) in [6.45, 7) is 2.28. The van der Waals surface area contributed by atoms with E-state index in [1.54, 1.807) is 19.1 Å². The van der Waals surface area contributed by atoms with Gasteiger partial charge in [0.15, 0.2) is 5.82 Å². The van der Waals surface area contributed by atoms with E-state index in [4.69, 9.17) is 4.74 Å². The molecule has 1 rings (SSSR count). The molecular formula is C11H11BrFNO2. The van der Waals surface area contributed by atoms with Crippen molar-refractivity contribution in [3.05, 3.63) is 40.8 Å². The maximum atomic E-state index is 13.4.